The zero-order chi connectivity index (χ0) is 25.2. The van der Waals surface area contributed by atoms with Gasteiger partial charge in [-0.1, -0.05) is 30.0 Å². The van der Waals surface area contributed by atoms with Crippen LogP contribution in [0.2, 0.25) is 0 Å². The summed E-state index contributed by atoms with van der Waals surface area (Å²) >= 11 is 2.96. The SMILES string of the molecule is CCNc1ccc(C(C)=O)cc1N=C1S/C(=C2\Sc3ccccc3N2C)C(=O)N1Cc1cccnc1. The lowest BCUT2D eigenvalue weighted by Gasteiger charge is -2.17. The molecule has 2 aliphatic rings. The average Bonchev–Trinajstić information content (AvgIpc) is 3.37. The molecule has 3 aromatic rings. The summed E-state index contributed by atoms with van der Waals surface area (Å²) in [5.41, 5.74) is 3.99. The van der Waals surface area contributed by atoms with E-state index in [0.717, 1.165) is 26.9 Å². The number of aliphatic imine (C=N–C) groups is 1. The van der Waals surface area contributed by atoms with E-state index in [-0.39, 0.29) is 11.7 Å². The molecule has 5 rings (SSSR count). The van der Waals surface area contributed by atoms with Crippen molar-refractivity contribution >= 4 is 57.4 Å². The van der Waals surface area contributed by atoms with Gasteiger partial charge >= 0.3 is 0 Å². The topological polar surface area (TPSA) is 77.9 Å². The standard InChI is InChI=1S/C27H25N5O2S2/c1-4-29-20-12-11-19(17(2)33)14-21(20)30-27-32(16-18-8-7-13-28-15-18)25(34)24(36-27)26-31(3)22-9-5-6-10-23(22)35-26/h5-15,29H,4,16H2,1-3H3/b26-24-,30-27?. The number of ketones is 1. The summed E-state index contributed by atoms with van der Waals surface area (Å²) in [5, 5.41) is 4.76. The van der Waals surface area contributed by atoms with Gasteiger partial charge in [-0.25, -0.2) is 4.99 Å². The normalized spacial score (nSPS) is 18.2. The molecule has 9 heteroatoms. The zero-order valence-corrected chi connectivity index (χ0v) is 21.8. The predicted molar refractivity (Wildman–Crippen MR) is 148 cm³/mol. The molecule has 182 valence electrons. The molecule has 1 amide bonds. The fraction of sp³-hybridized carbons (Fsp3) is 0.185. The van der Waals surface area contributed by atoms with Crippen LogP contribution in [0.15, 0.2) is 86.8 Å². The highest BCUT2D eigenvalue weighted by atomic mass is 32.2. The minimum absolute atomic E-state index is 0.0357. The number of carbonyl (C=O) groups excluding carboxylic acids is 2. The molecule has 0 saturated carbocycles. The maximum Gasteiger partial charge on any atom is 0.269 e. The maximum atomic E-state index is 13.8. The summed E-state index contributed by atoms with van der Waals surface area (Å²) < 4.78 is 0. The molecule has 0 atom stereocenters. The van der Waals surface area contributed by atoms with Crippen molar-refractivity contribution in [1.29, 1.82) is 0 Å². The van der Waals surface area contributed by atoms with E-state index in [4.69, 9.17) is 4.99 Å². The summed E-state index contributed by atoms with van der Waals surface area (Å²) in [5.74, 6) is -0.135. The van der Waals surface area contributed by atoms with Crippen LogP contribution >= 0.6 is 23.5 Å². The van der Waals surface area contributed by atoms with Gasteiger partial charge in [-0.15, -0.1) is 0 Å². The van der Waals surface area contributed by atoms with Crippen molar-refractivity contribution < 1.29 is 9.59 Å². The summed E-state index contributed by atoms with van der Waals surface area (Å²) in [6.45, 7) is 4.60. The first-order valence-electron chi connectivity index (χ1n) is 11.6. The van der Waals surface area contributed by atoms with Gasteiger partial charge in [0.1, 0.15) is 4.91 Å². The minimum Gasteiger partial charge on any atom is -0.384 e. The molecule has 36 heavy (non-hydrogen) atoms. The number of nitrogens with one attached hydrogen (secondary N) is 1. The predicted octanol–water partition coefficient (Wildman–Crippen LogP) is 5.89. The van der Waals surface area contributed by atoms with Crippen LogP contribution in [0.25, 0.3) is 0 Å². The summed E-state index contributed by atoms with van der Waals surface area (Å²) in [6.07, 6.45) is 3.47. The second kappa shape index (κ2) is 10.2. The van der Waals surface area contributed by atoms with E-state index in [0.29, 0.717) is 34.4 Å². The fourth-order valence-electron chi connectivity index (χ4n) is 4.02. The number of thioether (sulfide) groups is 2. The highest BCUT2D eigenvalue weighted by Gasteiger charge is 2.39. The van der Waals surface area contributed by atoms with E-state index in [2.05, 4.69) is 27.3 Å². The van der Waals surface area contributed by atoms with Crippen molar-refractivity contribution in [1.82, 2.24) is 9.88 Å². The molecule has 0 bridgehead atoms. The number of Topliss-reactive ketones (excluding diaryl/α,β-unsaturated/α-hetero) is 1. The van der Waals surface area contributed by atoms with E-state index in [9.17, 15) is 9.59 Å². The van der Waals surface area contributed by atoms with E-state index >= 15 is 0 Å². The summed E-state index contributed by atoms with van der Waals surface area (Å²) in [6, 6.07) is 17.4. The number of rotatable bonds is 6. The van der Waals surface area contributed by atoms with E-state index in [1.54, 1.807) is 41.2 Å². The zero-order valence-electron chi connectivity index (χ0n) is 20.2. The number of anilines is 2. The van der Waals surface area contributed by atoms with Crippen molar-refractivity contribution in [2.75, 3.05) is 23.8 Å². The number of hydrogen-bond acceptors (Lipinski definition) is 8. The number of para-hydroxylation sites is 1. The number of pyridine rings is 1. The van der Waals surface area contributed by atoms with E-state index in [1.165, 1.54) is 18.7 Å². The van der Waals surface area contributed by atoms with Gasteiger partial charge in [-0.2, -0.15) is 0 Å². The van der Waals surface area contributed by atoms with Crippen molar-refractivity contribution in [2.24, 2.45) is 4.99 Å². The molecule has 2 aromatic carbocycles. The molecule has 1 N–H and O–H groups in total. The summed E-state index contributed by atoms with van der Waals surface area (Å²) in [4.78, 5) is 40.5. The smallest absolute Gasteiger partial charge is 0.269 e. The van der Waals surface area contributed by atoms with Crippen molar-refractivity contribution in [3.63, 3.8) is 0 Å². The van der Waals surface area contributed by atoms with Gasteiger partial charge < -0.3 is 10.2 Å². The monoisotopic (exact) mass is 515 g/mol. The Labute approximate surface area is 218 Å². The Bertz CT molecular complexity index is 1400. The Balaban J connectivity index is 1.60. The Hall–Kier alpha value is -3.56. The summed E-state index contributed by atoms with van der Waals surface area (Å²) in [7, 11) is 1.98. The number of benzene rings is 2. The molecule has 3 heterocycles. The molecule has 1 saturated heterocycles. The lowest BCUT2D eigenvalue weighted by atomic mass is 10.1. The van der Waals surface area contributed by atoms with Crippen LogP contribution in [-0.4, -0.2) is 40.3 Å². The van der Waals surface area contributed by atoms with Gasteiger partial charge in [0.15, 0.2) is 11.0 Å². The molecule has 7 nitrogen and oxygen atoms in total. The molecule has 0 aliphatic carbocycles. The van der Waals surface area contributed by atoms with Crippen LogP contribution in [0.3, 0.4) is 0 Å². The van der Waals surface area contributed by atoms with Crippen LogP contribution in [0, 0.1) is 0 Å². The van der Waals surface area contributed by atoms with Crippen molar-refractivity contribution in [3.05, 3.63) is 88.1 Å². The third-order valence-corrected chi connectivity index (χ3v) is 8.28. The number of carbonyl (C=O) groups is 2. The van der Waals surface area contributed by atoms with Crippen molar-refractivity contribution in [2.45, 2.75) is 25.3 Å². The first-order chi connectivity index (χ1) is 17.5. The van der Waals surface area contributed by atoms with Gasteiger partial charge in [0.2, 0.25) is 0 Å². The molecule has 0 radical (unpaired) electrons. The van der Waals surface area contributed by atoms with Crippen LogP contribution in [0.1, 0.15) is 29.8 Å². The number of hydrogen-bond donors (Lipinski definition) is 1. The van der Waals surface area contributed by atoms with Crippen LogP contribution in [0.4, 0.5) is 17.1 Å². The van der Waals surface area contributed by atoms with Crippen molar-refractivity contribution in [3.8, 4) is 0 Å². The number of fused-ring (bicyclic) bond motifs is 1. The third-order valence-electron chi connectivity index (χ3n) is 5.85. The minimum atomic E-state index is -0.0996. The van der Waals surface area contributed by atoms with Gasteiger partial charge in [0.25, 0.3) is 5.91 Å². The molecule has 0 spiro atoms. The Morgan fingerprint density at radius 3 is 2.67 bits per heavy atom. The highest BCUT2D eigenvalue weighted by molar-refractivity contribution is 8.19. The molecular weight excluding hydrogens is 490 g/mol. The fourth-order valence-corrected chi connectivity index (χ4v) is 6.35. The number of amides is 1. The number of nitrogens with zero attached hydrogens (tertiary/aromatic N) is 4. The van der Waals surface area contributed by atoms with Gasteiger partial charge in [-0.05, 0) is 67.6 Å². The second-order valence-electron chi connectivity index (χ2n) is 8.33. The number of aromatic nitrogens is 1. The Morgan fingerprint density at radius 1 is 1.11 bits per heavy atom. The second-order valence-corrected chi connectivity index (χ2v) is 10.3. The molecule has 2 aliphatic heterocycles. The maximum absolute atomic E-state index is 13.8. The van der Waals surface area contributed by atoms with E-state index < -0.39 is 0 Å². The van der Waals surface area contributed by atoms with E-state index in [1.807, 2.05) is 44.3 Å². The lowest BCUT2D eigenvalue weighted by Crippen LogP contribution is -2.29. The quantitative estimate of drug-likeness (QED) is 0.324. The van der Waals surface area contributed by atoms with Gasteiger partial charge in [-0.3, -0.25) is 19.5 Å². The Morgan fingerprint density at radius 2 is 1.94 bits per heavy atom. The molecule has 1 aromatic heterocycles. The molecule has 1 fully saturated rings. The largest absolute Gasteiger partial charge is 0.384 e. The first kappa shape index (κ1) is 24.1. The first-order valence-corrected chi connectivity index (χ1v) is 13.2. The average molecular weight is 516 g/mol. The van der Waals surface area contributed by atoms with Crippen LogP contribution in [0.5, 0.6) is 0 Å². The molecular formula is C27H25N5O2S2. The highest BCUT2D eigenvalue weighted by Crippen LogP contribution is 2.50. The third kappa shape index (κ3) is 4.64. The lowest BCUT2D eigenvalue weighted by molar-refractivity contribution is -0.122. The van der Waals surface area contributed by atoms with Gasteiger partial charge in [0, 0.05) is 36.4 Å². The van der Waals surface area contributed by atoms with Crippen LogP contribution in [-0.2, 0) is 11.3 Å². The van der Waals surface area contributed by atoms with Crippen LogP contribution < -0.4 is 10.2 Å². The Kier molecular flexibility index (Phi) is 6.84. The van der Waals surface area contributed by atoms with Gasteiger partial charge in [0.05, 0.1) is 28.6 Å². The molecule has 0 unspecified atom stereocenters. The number of amidine groups is 1.